The van der Waals surface area contributed by atoms with Crippen LogP contribution in [0.4, 0.5) is 17.5 Å². The van der Waals surface area contributed by atoms with Crippen molar-refractivity contribution >= 4 is 135 Å². The molecule has 97 heavy (non-hydrogen) atoms. The molecule has 6 amide bonds. The fourth-order valence-corrected chi connectivity index (χ4v) is 14.2. The molecule has 3 fully saturated rings. The van der Waals surface area contributed by atoms with Gasteiger partial charge >= 0.3 is 0 Å². The number of pyridine rings is 3. The van der Waals surface area contributed by atoms with E-state index >= 15 is 0 Å². The molecular formula is C71H90Br3Cl3N14O6. The van der Waals surface area contributed by atoms with Gasteiger partial charge in [0.15, 0.2) is 0 Å². The molecule has 2 aliphatic heterocycles. The Bertz CT molecular complexity index is 3600. The lowest BCUT2D eigenvalue weighted by Crippen LogP contribution is -2.50. The number of likely N-dealkylation sites (tertiary alicyclic amines) is 2. The second kappa shape index (κ2) is 37.1. The van der Waals surface area contributed by atoms with Crippen molar-refractivity contribution in [2.45, 2.75) is 157 Å². The van der Waals surface area contributed by atoms with Gasteiger partial charge in [-0.15, -0.1) is 0 Å². The molecule has 9 rings (SSSR count). The number of nitrogens with zero attached hydrogens (tertiary/aromatic N) is 5. The second-order valence-electron chi connectivity index (χ2n) is 25.4. The summed E-state index contributed by atoms with van der Waals surface area (Å²) in [6.45, 7) is 19.0. The number of nitrogens with one attached hydrogen (secondary N) is 6. The normalized spacial score (nSPS) is 19.2. The van der Waals surface area contributed by atoms with Gasteiger partial charge in [-0.05, 0) is 260 Å². The maximum absolute atomic E-state index is 13.0. The number of likely N-dealkylation sites (N-methyl/N-ethyl adjacent to an activating group) is 2. The van der Waals surface area contributed by atoms with Crippen molar-refractivity contribution in [3.63, 3.8) is 0 Å². The third kappa shape index (κ3) is 23.3. The third-order valence-electron chi connectivity index (χ3n) is 18.1. The monoisotopic (exact) mass is 1580 g/mol. The molecule has 0 radical (unpaired) electrons. The summed E-state index contributed by atoms with van der Waals surface area (Å²) >= 11 is 28.7. The van der Waals surface area contributed by atoms with Crippen molar-refractivity contribution in [2.75, 3.05) is 43.4 Å². The first-order chi connectivity index (χ1) is 46.1. The standard InChI is InChI=1S/2C24H31BrClN5O2.C23H28BrClN4O2/c2*1-4-31-13-17(9-16-5-7-20(26)19(25)10-16)11-21(31)24(33)30-15(3)23(32)28-12-18-6-8-22(27)29-14(18)2;1-13-18(6-8-21(26)28-13)12-27-22(30)14(2)29-23(31)17-5-3-15(10-17)9-16-4-7-20(25)19(24)11-16/h2*5-8,10,15,17,21H,4,9,11-13H2,1-3H3,(H2,27,29)(H,28,32)(H,30,33);4,6-8,11,14-15,17H,3,5,9-10,12H2,1-2H3,(H2,26,28)(H,27,30)(H,29,31)/t2*15-,17-,21+;14-,15-,17+/m000/s1. The zero-order valence-electron chi connectivity index (χ0n) is 56.1. The number of hydrogen-bond donors (Lipinski definition) is 9. The number of carbonyl (C=O) groups is 6. The minimum atomic E-state index is -0.635. The maximum atomic E-state index is 13.0. The predicted molar refractivity (Wildman–Crippen MR) is 396 cm³/mol. The molecule has 2 saturated heterocycles. The van der Waals surface area contributed by atoms with Crippen LogP contribution in [0.25, 0.3) is 0 Å². The van der Waals surface area contributed by atoms with E-state index in [0.717, 1.165) is 125 Å². The number of hydrogen-bond acceptors (Lipinski definition) is 14. The molecule has 0 bridgehead atoms. The Kier molecular flexibility index (Phi) is 29.8. The topological polar surface area (TPSA) is 298 Å². The maximum Gasteiger partial charge on any atom is 0.242 e. The van der Waals surface area contributed by atoms with E-state index in [-0.39, 0.29) is 53.4 Å². The molecule has 1 saturated carbocycles. The number of amides is 6. The van der Waals surface area contributed by atoms with Crippen molar-refractivity contribution in [1.29, 1.82) is 0 Å². The third-order valence-corrected chi connectivity index (χ3v) is 21.7. The van der Waals surface area contributed by atoms with E-state index in [9.17, 15) is 28.8 Å². The molecule has 3 aromatic heterocycles. The molecule has 522 valence electrons. The van der Waals surface area contributed by atoms with E-state index in [1.165, 1.54) is 16.7 Å². The Morgan fingerprint density at radius 3 is 1.10 bits per heavy atom. The highest BCUT2D eigenvalue weighted by atomic mass is 79.9. The summed E-state index contributed by atoms with van der Waals surface area (Å²) < 4.78 is 2.65. The minimum Gasteiger partial charge on any atom is -0.384 e. The number of rotatable bonds is 23. The Hall–Kier alpha value is -6.44. The van der Waals surface area contributed by atoms with Crippen LogP contribution in [0.1, 0.15) is 117 Å². The molecule has 9 atom stereocenters. The Balaban J connectivity index is 0.000000205. The van der Waals surface area contributed by atoms with Gasteiger partial charge in [0.05, 0.1) is 27.2 Å². The summed E-state index contributed by atoms with van der Waals surface area (Å²) in [4.78, 5) is 93.2. The lowest BCUT2D eigenvalue weighted by Gasteiger charge is -2.23. The number of halogens is 6. The molecule has 1 aliphatic carbocycles. The van der Waals surface area contributed by atoms with Gasteiger partial charge in [0.2, 0.25) is 35.4 Å². The highest BCUT2D eigenvalue weighted by molar-refractivity contribution is 9.11. The number of nitrogens with two attached hydrogens (primary N) is 3. The smallest absolute Gasteiger partial charge is 0.242 e. The number of carbonyl (C=O) groups excluding carboxylic acids is 6. The van der Waals surface area contributed by atoms with Crippen LogP contribution in [0.5, 0.6) is 0 Å². The molecular weight excluding hydrogens is 1490 g/mol. The van der Waals surface area contributed by atoms with Gasteiger partial charge in [-0.25, -0.2) is 15.0 Å². The lowest BCUT2D eigenvalue weighted by molar-refractivity contribution is -0.131. The lowest BCUT2D eigenvalue weighted by atomic mass is 9.96. The van der Waals surface area contributed by atoms with Crippen molar-refractivity contribution in [2.24, 2.45) is 23.7 Å². The minimum absolute atomic E-state index is 0.0484. The number of anilines is 3. The zero-order chi connectivity index (χ0) is 70.8. The molecule has 26 heteroatoms. The SMILES string of the molecule is CCN1C[C@@H](Cc2ccc(Cl)c(Br)c2)C[C@@H]1C(=O)N[C@@H](C)C(=O)NCc1ccc(N)nc1C.CCN1C[C@@H](Cc2ccc(Cl)c(Br)c2)C[C@@H]1C(=O)N[C@@H](C)C(=O)NCc1ccc(N)nc1C.Cc1nc(N)ccc1CNC(=O)[C@H](C)NC(=O)[C@@H]1CC[C@@H](Cc2ccc(Cl)c(Br)c2)C1. The summed E-state index contributed by atoms with van der Waals surface area (Å²) in [6.07, 6.45) is 6.86. The van der Waals surface area contributed by atoms with Gasteiger partial charge < -0.3 is 49.1 Å². The highest BCUT2D eigenvalue weighted by Crippen LogP contribution is 2.36. The Morgan fingerprint density at radius 1 is 0.474 bits per heavy atom. The molecule has 12 N–H and O–H groups in total. The summed E-state index contributed by atoms with van der Waals surface area (Å²) in [6, 6.07) is 26.2. The molecule has 0 unspecified atom stereocenters. The zero-order valence-corrected chi connectivity index (χ0v) is 63.2. The van der Waals surface area contributed by atoms with Crippen LogP contribution >= 0.6 is 82.6 Å². The first-order valence-electron chi connectivity index (χ1n) is 32.8. The molecule has 6 aromatic rings. The molecule has 20 nitrogen and oxygen atoms in total. The van der Waals surface area contributed by atoms with Gasteiger partial charge in [0.1, 0.15) is 35.6 Å². The van der Waals surface area contributed by atoms with Crippen LogP contribution in [0.15, 0.2) is 104 Å². The van der Waals surface area contributed by atoms with Gasteiger partial charge in [0.25, 0.3) is 0 Å². The largest absolute Gasteiger partial charge is 0.384 e. The van der Waals surface area contributed by atoms with Crippen LogP contribution in [-0.2, 0) is 67.7 Å². The number of nitrogen functional groups attached to an aromatic ring is 3. The fraction of sp³-hybridized carbons (Fsp3) is 0.451. The van der Waals surface area contributed by atoms with E-state index < -0.39 is 18.1 Å². The van der Waals surface area contributed by atoms with Gasteiger partial charge in [-0.1, -0.05) is 85.0 Å². The molecule has 5 heterocycles. The number of aryl methyl sites for hydroxylation is 3. The quantitative estimate of drug-likeness (QED) is 0.0288. The van der Waals surface area contributed by atoms with E-state index in [1.807, 2.05) is 93.6 Å². The summed E-state index contributed by atoms with van der Waals surface area (Å²) in [5.41, 5.74) is 25.6. The molecule has 3 aliphatic rings. The van der Waals surface area contributed by atoms with Crippen LogP contribution in [-0.4, -0.2) is 117 Å². The Morgan fingerprint density at radius 2 is 0.794 bits per heavy atom. The second-order valence-corrected chi connectivity index (χ2v) is 29.2. The predicted octanol–water partition coefficient (Wildman–Crippen LogP) is 11.1. The molecule has 3 aromatic carbocycles. The van der Waals surface area contributed by atoms with Crippen molar-refractivity contribution < 1.29 is 28.8 Å². The average Bonchev–Trinajstić information content (AvgIpc) is 1.75. The number of aromatic nitrogens is 3. The Labute approximate surface area is 610 Å². The summed E-state index contributed by atoms with van der Waals surface area (Å²) in [5.74, 6) is 1.51. The van der Waals surface area contributed by atoms with E-state index in [2.05, 4.69) is 118 Å². The van der Waals surface area contributed by atoms with Crippen molar-refractivity contribution in [3.8, 4) is 0 Å². The van der Waals surface area contributed by atoms with Gasteiger partial charge in [-0.2, -0.15) is 0 Å². The fourth-order valence-electron chi connectivity index (χ4n) is 12.6. The van der Waals surface area contributed by atoms with E-state index in [0.29, 0.717) is 69.9 Å². The van der Waals surface area contributed by atoms with Gasteiger partial charge in [0, 0.05) is 69.1 Å². The first kappa shape index (κ1) is 77.9. The van der Waals surface area contributed by atoms with Crippen LogP contribution in [0.3, 0.4) is 0 Å². The van der Waals surface area contributed by atoms with Crippen LogP contribution < -0.4 is 49.1 Å². The van der Waals surface area contributed by atoms with Gasteiger partial charge in [-0.3, -0.25) is 38.6 Å². The first-order valence-corrected chi connectivity index (χ1v) is 36.3. The number of benzene rings is 3. The molecule has 0 spiro atoms. The van der Waals surface area contributed by atoms with Crippen molar-refractivity contribution in [3.05, 3.63) is 170 Å². The van der Waals surface area contributed by atoms with Crippen molar-refractivity contribution in [1.82, 2.24) is 56.7 Å². The van der Waals surface area contributed by atoms with E-state index in [1.54, 1.807) is 39.0 Å². The highest BCUT2D eigenvalue weighted by Gasteiger charge is 2.39. The van der Waals surface area contributed by atoms with Crippen LogP contribution in [0.2, 0.25) is 15.1 Å². The summed E-state index contributed by atoms with van der Waals surface area (Å²) in [5, 5.41) is 19.3. The van der Waals surface area contributed by atoms with Crippen LogP contribution in [0, 0.1) is 44.4 Å². The van der Waals surface area contributed by atoms with E-state index in [4.69, 9.17) is 52.0 Å². The summed E-state index contributed by atoms with van der Waals surface area (Å²) in [7, 11) is 0. The average molecular weight is 1580 g/mol.